The van der Waals surface area contributed by atoms with Crippen molar-refractivity contribution in [1.29, 1.82) is 0 Å². The molecule has 0 aromatic heterocycles. The number of aliphatic hydroxyl groups excluding tert-OH is 1. The molecule has 1 aliphatic rings. The van der Waals surface area contributed by atoms with Crippen molar-refractivity contribution in [3.05, 3.63) is 48.0 Å². The summed E-state index contributed by atoms with van der Waals surface area (Å²) in [4.78, 5) is 24.2. The molecule has 2 atom stereocenters. The van der Waals surface area contributed by atoms with Crippen molar-refractivity contribution in [2.75, 3.05) is 25.5 Å². The maximum Gasteiger partial charge on any atom is 0.329 e. The second-order valence-electron chi connectivity index (χ2n) is 5.98. The Morgan fingerprint density at radius 3 is 2.89 bits per heavy atom. The van der Waals surface area contributed by atoms with Gasteiger partial charge in [-0.25, -0.2) is 4.79 Å². The lowest BCUT2D eigenvalue weighted by atomic mass is 10.1. The molecular weight excluding hydrogens is 366 g/mol. The Morgan fingerprint density at radius 1 is 1.37 bits per heavy atom. The zero-order valence-corrected chi connectivity index (χ0v) is 15.7. The molecule has 2 rings (SSSR count). The predicted octanol–water partition coefficient (Wildman–Crippen LogP) is 2.18. The summed E-state index contributed by atoms with van der Waals surface area (Å²) >= 11 is 1.25. The van der Waals surface area contributed by atoms with Gasteiger partial charge < -0.3 is 19.8 Å². The van der Waals surface area contributed by atoms with Crippen LogP contribution in [0, 0.1) is 11.8 Å². The number of amides is 1. The van der Waals surface area contributed by atoms with Gasteiger partial charge in [0, 0.05) is 12.2 Å². The molecule has 0 spiro atoms. The molecule has 2 N–H and O–H groups in total. The van der Waals surface area contributed by atoms with E-state index in [-0.39, 0.29) is 24.4 Å². The van der Waals surface area contributed by atoms with E-state index in [1.807, 2.05) is 36.4 Å². The molecule has 1 heterocycles. The molecule has 1 amide bonds. The maximum absolute atomic E-state index is 12.2. The molecule has 0 bridgehead atoms. The molecule has 1 unspecified atom stereocenters. The minimum absolute atomic E-state index is 0.0117. The van der Waals surface area contributed by atoms with Crippen LogP contribution < -0.4 is 0 Å². The summed E-state index contributed by atoms with van der Waals surface area (Å²) in [6.45, 7) is -0.137. The van der Waals surface area contributed by atoms with E-state index in [4.69, 9.17) is 9.84 Å². The number of aliphatic carboxylic acids is 1. The second-order valence-corrected chi connectivity index (χ2v) is 7.03. The van der Waals surface area contributed by atoms with Crippen LogP contribution in [0.1, 0.15) is 12.0 Å². The van der Waals surface area contributed by atoms with Gasteiger partial charge in [-0.3, -0.25) is 4.79 Å². The van der Waals surface area contributed by atoms with Gasteiger partial charge in [-0.15, -0.1) is 0 Å². The molecular formula is C20H23NO5S. The molecule has 1 fully saturated rings. The Morgan fingerprint density at radius 2 is 2.15 bits per heavy atom. The Kier molecular flexibility index (Phi) is 8.92. The molecule has 0 radical (unpaired) electrons. The normalized spacial score (nSPS) is 18.2. The van der Waals surface area contributed by atoms with Crippen molar-refractivity contribution in [2.45, 2.75) is 25.0 Å². The molecule has 1 saturated heterocycles. The molecule has 27 heavy (non-hydrogen) atoms. The monoisotopic (exact) mass is 389 g/mol. The van der Waals surface area contributed by atoms with E-state index < -0.39 is 18.7 Å². The van der Waals surface area contributed by atoms with Crippen LogP contribution in [-0.4, -0.2) is 64.0 Å². The summed E-state index contributed by atoms with van der Waals surface area (Å²) in [6, 6.07) is 9.62. The Labute approximate surface area is 163 Å². The summed E-state index contributed by atoms with van der Waals surface area (Å²) in [5.74, 6) is 5.25. The third-order valence-corrected chi connectivity index (χ3v) is 4.81. The van der Waals surface area contributed by atoms with Gasteiger partial charge in [-0.05, 0) is 12.0 Å². The standard InChI is InChI=1S/C20H23NO5S/c22-18(14-16-6-2-1-3-7-16)9-8-17-10-13-27-20(25)21(17)11-4-5-12-26-15-19(23)24/h1-3,6-9,17-18,22H,10-15H2,(H,23,24)/b9-8+/t17-,18?/m0/s1. The SMILES string of the molecule is O=C(O)COCC#CCN1C(=O)SCC[C@@H]1/C=C/C(O)Cc1ccccc1. The average Bonchev–Trinajstić information content (AvgIpc) is 2.65. The van der Waals surface area contributed by atoms with E-state index in [0.29, 0.717) is 6.42 Å². The van der Waals surface area contributed by atoms with E-state index in [2.05, 4.69) is 11.8 Å². The van der Waals surface area contributed by atoms with Crippen molar-refractivity contribution < 1.29 is 24.5 Å². The second kappa shape index (κ2) is 11.4. The van der Waals surface area contributed by atoms with Crippen LogP contribution >= 0.6 is 11.8 Å². The number of rotatable bonds is 8. The first-order chi connectivity index (χ1) is 13.1. The number of aliphatic hydroxyl groups is 1. The Bertz CT molecular complexity index is 710. The zero-order chi connectivity index (χ0) is 19.5. The number of carbonyl (C=O) groups is 2. The molecule has 0 aliphatic carbocycles. The molecule has 6 nitrogen and oxygen atoms in total. The fourth-order valence-corrected chi connectivity index (χ4v) is 3.48. The third kappa shape index (κ3) is 7.87. The van der Waals surface area contributed by atoms with Crippen molar-refractivity contribution >= 4 is 23.0 Å². The van der Waals surface area contributed by atoms with Crippen LogP contribution in [0.5, 0.6) is 0 Å². The molecule has 1 aromatic carbocycles. The van der Waals surface area contributed by atoms with Gasteiger partial charge in [-0.2, -0.15) is 0 Å². The van der Waals surface area contributed by atoms with E-state index >= 15 is 0 Å². The van der Waals surface area contributed by atoms with Crippen molar-refractivity contribution in [3.8, 4) is 11.8 Å². The van der Waals surface area contributed by atoms with Gasteiger partial charge in [0.15, 0.2) is 0 Å². The fraction of sp³-hybridized carbons (Fsp3) is 0.400. The summed E-state index contributed by atoms with van der Waals surface area (Å²) < 4.78 is 4.84. The first-order valence-corrected chi connectivity index (χ1v) is 9.64. The van der Waals surface area contributed by atoms with Crippen molar-refractivity contribution in [1.82, 2.24) is 4.90 Å². The first-order valence-electron chi connectivity index (χ1n) is 8.65. The summed E-state index contributed by atoms with van der Waals surface area (Å²) in [5, 5.41) is 18.7. The number of ether oxygens (including phenoxy) is 1. The van der Waals surface area contributed by atoms with Crippen molar-refractivity contribution in [3.63, 3.8) is 0 Å². The molecule has 1 aromatic rings. The highest BCUT2D eigenvalue weighted by molar-refractivity contribution is 8.13. The quantitative estimate of drug-likeness (QED) is 0.403. The van der Waals surface area contributed by atoms with Crippen LogP contribution in [0.4, 0.5) is 4.79 Å². The van der Waals surface area contributed by atoms with Crippen LogP contribution in [0.15, 0.2) is 42.5 Å². The van der Waals surface area contributed by atoms with Gasteiger partial charge in [0.1, 0.15) is 13.2 Å². The van der Waals surface area contributed by atoms with E-state index in [9.17, 15) is 14.7 Å². The number of thioether (sulfide) groups is 1. The molecule has 1 aliphatic heterocycles. The van der Waals surface area contributed by atoms with E-state index in [1.54, 1.807) is 11.0 Å². The van der Waals surface area contributed by atoms with Crippen LogP contribution in [0.2, 0.25) is 0 Å². The van der Waals surface area contributed by atoms with Gasteiger partial charge >= 0.3 is 5.97 Å². The number of carbonyl (C=O) groups excluding carboxylic acids is 1. The van der Waals surface area contributed by atoms with E-state index in [1.165, 1.54) is 11.8 Å². The Hall–Kier alpha value is -2.27. The maximum atomic E-state index is 12.2. The van der Waals surface area contributed by atoms with Gasteiger partial charge in [0.25, 0.3) is 5.24 Å². The smallest absolute Gasteiger partial charge is 0.329 e. The first kappa shape index (κ1) is 21.0. The minimum atomic E-state index is -1.04. The van der Waals surface area contributed by atoms with Crippen LogP contribution in [0.3, 0.4) is 0 Å². The number of hydrogen-bond donors (Lipinski definition) is 2. The van der Waals surface area contributed by atoms with Gasteiger partial charge in [0.05, 0.1) is 18.7 Å². The number of benzene rings is 1. The number of carboxylic acid groups (broad SMARTS) is 1. The van der Waals surface area contributed by atoms with Gasteiger partial charge in [0.2, 0.25) is 0 Å². The lowest BCUT2D eigenvalue weighted by molar-refractivity contribution is -0.141. The highest BCUT2D eigenvalue weighted by atomic mass is 32.2. The summed E-state index contributed by atoms with van der Waals surface area (Å²) in [6.07, 6.45) is 4.30. The highest BCUT2D eigenvalue weighted by Crippen LogP contribution is 2.23. The van der Waals surface area contributed by atoms with E-state index in [0.717, 1.165) is 17.7 Å². The number of nitrogens with zero attached hydrogens (tertiary/aromatic N) is 1. The lowest BCUT2D eigenvalue weighted by Gasteiger charge is -2.31. The zero-order valence-electron chi connectivity index (χ0n) is 14.9. The van der Waals surface area contributed by atoms with Gasteiger partial charge in [-0.1, -0.05) is 66.1 Å². The Balaban J connectivity index is 1.87. The minimum Gasteiger partial charge on any atom is -0.480 e. The fourth-order valence-electron chi connectivity index (χ4n) is 2.58. The van der Waals surface area contributed by atoms with Crippen molar-refractivity contribution in [2.24, 2.45) is 0 Å². The predicted molar refractivity (Wildman–Crippen MR) is 104 cm³/mol. The number of hydrogen-bond acceptors (Lipinski definition) is 5. The molecule has 0 saturated carbocycles. The highest BCUT2D eigenvalue weighted by Gasteiger charge is 2.26. The third-order valence-electron chi connectivity index (χ3n) is 3.89. The summed E-state index contributed by atoms with van der Waals surface area (Å²) in [7, 11) is 0. The topological polar surface area (TPSA) is 87.1 Å². The van der Waals surface area contributed by atoms with Crippen LogP contribution in [0.25, 0.3) is 0 Å². The summed E-state index contributed by atoms with van der Waals surface area (Å²) in [5.41, 5.74) is 1.05. The number of carboxylic acids is 1. The largest absolute Gasteiger partial charge is 0.480 e. The molecule has 144 valence electrons. The average molecular weight is 389 g/mol. The van der Waals surface area contributed by atoms with Crippen LogP contribution in [-0.2, 0) is 16.0 Å². The molecule has 7 heteroatoms. The lowest BCUT2D eigenvalue weighted by Crippen LogP contribution is -2.41.